The van der Waals surface area contributed by atoms with Gasteiger partial charge in [0.2, 0.25) is 0 Å². The zero-order valence-corrected chi connectivity index (χ0v) is 25.4. The van der Waals surface area contributed by atoms with E-state index in [4.69, 9.17) is 0 Å². The van der Waals surface area contributed by atoms with E-state index in [0.717, 1.165) is 72.2 Å². The van der Waals surface area contributed by atoms with E-state index in [1.54, 1.807) is 12.1 Å². The summed E-state index contributed by atoms with van der Waals surface area (Å²) in [5, 5.41) is 21.6. The van der Waals surface area contributed by atoms with Crippen molar-refractivity contribution in [2.45, 2.75) is 64.7 Å². The number of aliphatic imine (C=N–C) groups is 2. The molecule has 4 aromatic carbocycles. The summed E-state index contributed by atoms with van der Waals surface area (Å²) >= 11 is 0. The Bertz CT molecular complexity index is 1560. The van der Waals surface area contributed by atoms with Gasteiger partial charge in [0.25, 0.3) is 0 Å². The number of phenolic OH excluding ortho intramolecular Hbond substituents is 2. The van der Waals surface area contributed by atoms with E-state index in [9.17, 15) is 36.6 Å². The highest BCUT2D eigenvalue weighted by Crippen LogP contribution is 2.35. The lowest BCUT2D eigenvalue weighted by atomic mass is 9.99. The van der Waals surface area contributed by atoms with Gasteiger partial charge in [0.05, 0.1) is 11.1 Å². The number of aromatic hydroxyl groups is 2. The topological polar surface area (TPSA) is 65.2 Å². The molecule has 0 bridgehead atoms. The van der Waals surface area contributed by atoms with E-state index in [1.807, 2.05) is 26.0 Å². The summed E-state index contributed by atoms with van der Waals surface area (Å²) in [6, 6.07) is 16.5. The minimum Gasteiger partial charge on any atom is -0.505 e. The number of alkyl halides is 6. The second-order valence-electron chi connectivity index (χ2n) is 11.3. The lowest BCUT2D eigenvalue weighted by molar-refractivity contribution is -0.138. The summed E-state index contributed by atoms with van der Waals surface area (Å²) in [5.41, 5.74) is 3.46. The minimum absolute atomic E-state index is 0.0443. The van der Waals surface area contributed by atoms with Crippen LogP contribution in [0.1, 0.15) is 70.2 Å². The third-order valence-corrected chi connectivity index (χ3v) is 7.45. The molecule has 0 aliphatic heterocycles. The molecule has 0 atom stereocenters. The maximum absolute atomic E-state index is 12.8. The summed E-state index contributed by atoms with van der Waals surface area (Å²) < 4.78 is 76.9. The molecule has 0 aliphatic carbocycles. The van der Waals surface area contributed by atoms with Crippen LogP contribution in [0.3, 0.4) is 0 Å². The first kappa shape index (κ1) is 34.3. The van der Waals surface area contributed by atoms with Crippen molar-refractivity contribution in [2.24, 2.45) is 9.98 Å². The van der Waals surface area contributed by atoms with Crippen molar-refractivity contribution < 1.29 is 36.6 Å². The molecule has 0 spiro atoms. The van der Waals surface area contributed by atoms with Crippen molar-refractivity contribution in [3.63, 3.8) is 0 Å². The van der Waals surface area contributed by atoms with Gasteiger partial charge in [-0.15, -0.1) is 0 Å². The van der Waals surface area contributed by atoms with Gasteiger partial charge >= 0.3 is 12.4 Å². The van der Waals surface area contributed by atoms with E-state index >= 15 is 0 Å². The van der Waals surface area contributed by atoms with Crippen molar-refractivity contribution in [3.05, 3.63) is 117 Å². The number of benzene rings is 4. The molecule has 2 N–H and O–H groups in total. The Hall–Kier alpha value is -4.60. The van der Waals surface area contributed by atoms with Gasteiger partial charge in [-0.3, -0.25) is 9.98 Å². The van der Waals surface area contributed by atoms with Crippen molar-refractivity contribution in [1.82, 2.24) is 0 Å². The molecule has 0 saturated heterocycles. The quantitative estimate of drug-likeness (QED) is 0.0973. The van der Waals surface area contributed by atoms with Crippen LogP contribution in [0.4, 0.5) is 37.7 Å². The number of aryl methyl sites for hydroxylation is 4. The largest absolute Gasteiger partial charge is 0.505 e. The van der Waals surface area contributed by atoms with Crippen LogP contribution in [-0.4, -0.2) is 22.6 Å². The summed E-state index contributed by atoms with van der Waals surface area (Å²) in [7, 11) is 0. The van der Waals surface area contributed by atoms with Crippen LogP contribution in [0.25, 0.3) is 0 Å². The first-order valence-electron chi connectivity index (χ1n) is 14.8. The van der Waals surface area contributed by atoms with Crippen LogP contribution in [0, 0.1) is 13.8 Å². The van der Waals surface area contributed by atoms with Crippen LogP contribution in [-0.2, 0) is 25.2 Å². The minimum atomic E-state index is -4.41. The Morgan fingerprint density at radius 1 is 0.543 bits per heavy atom. The Morgan fingerprint density at radius 3 is 1.22 bits per heavy atom. The lowest BCUT2D eigenvalue weighted by Crippen LogP contribution is -2.04. The predicted octanol–water partition coefficient (Wildman–Crippen LogP) is 10.6. The van der Waals surface area contributed by atoms with Gasteiger partial charge < -0.3 is 10.2 Å². The molecule has 0 aromatic heterocycles. The first-order valence-corrected chi connectivity index (χ1v) is 14.8. The fourth-order valence-electron chi connectivity index (χ4n) is 5.03. The molecule has 0 radical (unpaired) electrons. The molecule has 0 unspecified atom stereocenters. The Balaban J connectivity index is 1.29. The summed E-state index contributed by atoms with van der Waals surface area (Å²) in [6.07, 6.45) is -1.37. The van der Waals surface area contributed by atoms with Gasteiger partial charge in [-0.05, 0) is 109 Å². The molecule has 4 nitrogen and oxygen atoms in total. The number of hydrogen-bond donors (Lipinski definition) is 2. The Morgan fingerprint density at radius 2 is 0.891 bits per heavy atom. The zero-order valence-electron chi connectivity index (χ0n) is 25.4. The predicted molar refractivity (Wildman–Crippen MR) is 169 cm³/mol. The van der Waals surface area contributed by atoms with Gasteiger partial charge in [-0.25, -0.2) is 0 Å². The average molecular weight is 641 g/mol. The fraction of sp³-hybridized carbons (Fsp3) is 0.278. The van der Waals surface area contributed by atoms with Crippen LogP contribution in [0.2, 0.25) is 0 Å². The van der Waals surface area contributed by atoms with Crippen LogP contribution in [0.15, 0.2) is 82.8 Å². The van der Waals surface area contributed by atoms with E-state index in [2.05, 4.69) is 9.98 Å². The normalized spacial score (nSPS) is 12.4. The lowest BCUT2D eigenvalue weighted by Gasteiger charge is -2.10. The number of hydrogen-bond acceptors (Lipinski definition) is 4. The standard InChI is InChI=1S/C36H34F6N2O2/c1-23-17-27(33(45)31(19-23)43-21-25-9-13-29(14-10-25)35(37,38)39)7-5-3-4-6-8-28-18-24(2)20-32(34(28)46)44-22-26-11-15-30(16-12-26)36(40,41)42/h9-22,45-46H,3-8H2,1-2H3. The van der Waals surface area contributed by atoms with Gasteiger partial charge in [0.1, 0.15) is 22.9 Å². The Kier molecular flexibility index (Phi) is 10.9. The molecule has 0 saturated carbocycles. The molecule has 0 aliphatic rings. The van der Waals surface area contributed by atoms with Crippen molar-refractivity contribution in [1.29, 1.82) is 0 Å². The fourth-order valence-corrected chi connectivity index (χ4v) is 5.03. The molecular formula is C36H34F6N2O2. The van der Waals surface area contributed by atoms with Crippen molar-refractivity contribution >= 4 is 23.8 Å². The van der Waals surface area contributed by atoms with Gasteiger partial charge in [0.15, 0.2) is 0 Å². The highest BCUT2D eigenvalue weighted by Gasteiger charge is 2.30. The molecule has 46 heavy (non-hydrogen) atoms. The number of phenols is 2. The third-order valence-electron chi connectivity index (χ3n) is 7.45. The summed E-state index contributed by atoms with van der Waals surface area (Å²) in [6.45, 7) is 3.77. The second kappa shape index (κ2) is 14.7. The molecule has 0 fully saturated rings. The molecule has 242 valence electrons. The van der Waals surface area contributed by atoms with Gasteiger partial charge in [-0.2, -0.15) is 26.3 Å². The third kappa shape index (κ3) is 9.45. The number of halogens is 6. The van der Waals surface area contributed by atoms with Gasteiger partial charge in [-0.1, -0.05) is 49.2 Å². The second-order valence-corrected chi connectivity index (χ2v) is 11.3. The van der Waals surface area contributed by atoms with Crippen LogP contribution >= 0.6 is 0 Å². The zero-order chi connectivity index (χ0) is 33.5. The highest BCUT2D eigenvalue weighted by molar-refractivity contribution is 5.83. The molecule has 4 aromatic rings. The Labute approximate surface area is 263 Å². The molecule has 4 rings (SSSR count). The maximum Gasteiger partial charge on any atom is 0.416 e. The highest BCUT2D eigenvalue weighted by atomic mass is 19.4. The van der Waals surface area contributed by atoms with E-state index < -0.39 is 23.5 Å². The molecule has 0 heterocycles. The summed E-state index contributed by atoms with van der Waals surface area (Å²) in [5.74, 6) is 0.0886. The van der Waals surface area contributed by atoms with Crippen LogP contribution in [0.5, 0.6) is 11.5 Å². The monoisotopic (exact) mass is 640 g/mol. The number of rotatable bonds is 11. The summed E-state index contributed by atoms with van der Waals surface area (Å²) in [4.78, 5) is 8.63. The van der Waals surface area contributed by atoms with Gasteiger partial charge in [0, 0.05) is 12.4 Å². The van der Waals surface area contributed by atoms with Crippen molar-refractivity contribution in [3.8, 4) is 11.5 Å². The van der Waals surface area contributed by atoms with E-state index in [-0.39, 0.29) is 11.5 Å². The van der Waals surface area contributed by atoms with Crippen LogP contribution < -0.4 is 0 Å². The smallest absolute Gasteiger partial charge is 0.416 e. The molecular weight excluding hydrogens is 606 g/mol. The van der Waals surface area contributed by atoms with Crippen molar-refractivity contribution in [2.75, 3.05) is 0 Å². The molecule has 10 heteroatoms. The van der Waals surface area contributed by atoms with E-state index in [1.165, 1.54) is 36.7 Å². The number of unbranched alkanes of at least 4 members (excludes halogenated alkanes) is 3. The SMILES string of the molecule is Cc1cc(CCCCCCc2cc(C)cc(N=Cc3ccc(C(F)(F)F)cc3)c2O)c(O)c(N=Cc2ccc(C(F)(F)F)cc2)c1. The first-order chi connectivity index (χ1) is 21.7. The maximum atomic E-state index is 12.8. The average Bonchev–Trinajstić information content (AvgIpc) is 2.99. The molecule has 0 amide bonds. The number of nitrogens with zero attached hydrogens (tertiary/aromatic N) is 2. The van der Waals surface area contributed by atoms with E-state index in [0.29, 0.717) is 35.3 Å².